The van der Waals surface area contributed by atoms with E-state index in [-0.39, 0.29) is 5.15 Å². The molecule has 1 aromatic heterocycles. The number of anilines is 1. The van der Waals surface area contributed by atoms with Crippen molar-refractivity contribution in [1.29, 1.82) is 0 Å². The molecule has 1 atom stereocenters. The zero-order valence-corrected chi connectivity index (χ0v) is 11.1. The van der Waals surface area contributed by atoms with Gasteiger partial charge in [-0.15, -0.1) is 0 Å². The van der Waals surface area contributed by atoms with Crippen LogP contribution in [0.1, 0.15) is 6.42 Å². The second-order valence-corrected chi connectivity index (χ2v) is 5.14. The van der Waals surface area contributed by atoms with Gasteiger partial charge in [0.05, 0.1) is 16.7 Å². The summed E-state index contributed by atoms with van der Waals surface area (Å²) in [5.74, 6) is 0.404. The third-order valence-corrected chi connectivity index (χ3v) is 3.52. The number of nitrogens with zero attached hydrogens (tertiary/aromatic N) is 1. The molecule has 2 heterocycles. The van der Waals surface area contributed by atoms with Gasteiger partial charge in [0.25, 0.3) is 0 Å². The summed E-state index contributed by atoms with van der Waals surface area (Å²) in [5, 5.41) is 13.8. The van der Waals surface area contributed by atoms with Gasteiger partial charge in [0.1, 0.15) is 16.6 Å². The van der Waals surface area contributed by atoms with Crippen LogP contribution < -0.4 is 5.32 Å². The van der Waals surface area contributed by atoms with E-state index >= 15 is 0 Å². The van der Waals surface area contributed by atoms with Crippen LogP contribution in [0.15, 0.2) is 6.07 Å². The van der Waals surface area contributed by atoms with Crippen LogP contribution in [-0.4, -0.2) is 35.5 Å². The Morgan fingerprint density at radius 3 is 2.82 bits per heavy atom. The minimum atomic E-state index is -0.878. The van der Waals surface area contributed by atoms with Gasteiger partial charge in [-0.05, 0) is 6.07 Å². The SMILES string of the molecule is OC1(CNc2nc(Cl)c(Cl)cc2Cl)CCOC1. The normalized spacial score (nSPS) is 24.0. The first-order chi connectivity index (χ1) is 8.00. The highest BCUT2D eigenvalue weighted by Crippen LogP contribution is 2.29. The molecule has 2 rings (SSSR count). The van der Waals surface area contributed by atoms with E-state index in [1.54, 1.807) is 0 Å². The summed E-state index contributed by atoms with van der Waals surface area (Å²) in [5.41, 5.74) is -0.878. The lowest BCUT2D eigenvalue weighted by Crippen LogP contribution is -2.37. The molecule has 1 aliphatic heterocycles. The Morgan fingerprint density at radius 1 is 1.41 bits per heavy atom. The number of halogens is 3. The maximum Gasteiger partial charge on any atom is 0.150 e. The Morgan fingerprint density at radius 2 is 2.18 bits per heavy atom. The van der Waals surface area contributed by atoms with Crippen molar-refractivity contribution in [3.8, 4) is 0 Å². The van der Waals surface area contributed by atoms with E-state index in [2.05, 4.69) is 10.3 Å². The average molecular weight is 298 g/mol. The topological polar surface area (TPSA) is 54.4 Å². The average Bonchev–Trinajstić information content (AvgIpc) is 2.69. The molecule has 0 saturated carbocycles. The monoisotopic (exact) mass is 296 g/mol. The number of ether oxygens (including phenoxy) is 1. The predicted molar refractivity (Wildman–Crippen MR) is 68.1 cm³/mol. The first kappa shape index (κ1) is 13.2. The maximum absolute atomic E-state index is 10.0. The van der Waals surface area contributed by atoms with Gasteiger partial charge in [-0.25, -0.2) is 4.98 Å². The molecule has 1 aromatic rings. The van der Waals surface area contributed by atoms with Crippen LogP contribution in [0.4, 0.5) is 5.82 Å². The highest BCUT2D eigenvalue weighted by molar-refractivity contribution is 6.42. The summed E-state index contributed by atoms with van der Waals surface area (Å²) in [6.07, 6.45) is 0.582. The summed E-state index contributed by atoms with van der Waals surface area (Å²) in [6, 6.07) is 1.51. The quantitative estimate of drug-likeness (QED) is 0.842. The molecule has 0 aromatic carbocycles. The number of aromatic nitrogens is 1. The molecule has 17 heavy (non-hydrogen) atoms. The van der Waals surface area contributed by atoms with Crippen LogP contribution in [0.3, 0.4) is 0 Å². The predicted octanol–water partition coefficient (Wildman–Crippen LogP) is 2.61. The summed E-state index contributed by atoms with van der Waals surface area (Å²) < 4.78 is 5.13. The fourth-order valence-corrected chi connectivity index (χ4v) is 2.12. The van der Waals surface area contributed by atoms with E-state index < -0.39 is 5.60 Å². The van der Waals surface area contributed by atoms with E-state index in [4.69, 9.17) is 39.5 Å². The Balaban J connectivity index is 2.06. The van der Waals surface area contributed by atoms with Gasteiger partial charge in [0.15, 0.2) is 0 Å². The van der Waals surface area contributed by atoms with E-state index in [9.17, 15) is 5.11 Å². The van der Waals surface area contributed by atoms with Gasteiger partial charge < -0.3 is 15.2 Å². The smallest absolute Gasteiger partial charge is 0.150 e. The standard InChI is InChI=1S/C10H11Cl3N2O2/c11-6-3-7(12)9(15-8(6)13)14-4-10(16)1-2-17-5-10/h3,16H,1-2,4-5H2,(H,14,15). The fraction of sp³-hybridized carbons (Fsp3) is 0.500. The largest absolute Gasteiger partial charge is 0.386 e. The van der Waals surface area contributed by atoms with Gasteiger partial charge in [-0.2, -0.15) is 0 Å². The summed E-state index contributed by atoms with van der Waals surface area (Å²) >= 11 is 17.5. The van der Waals surface area contributed by atoms with Crippen molar-refractivity contribution in [2.45, 2.75) is 12.0 Å². The van der Waals surface area contributed by atoms with Crippen LogP contribution in [0.5, 0.6) is 0 Å². The minimum absolute atomic E-state index is 0.174. The molecule has 1 aliphatic rings. The summed E-state index contributed by atoms with van der Waals surface area (Å²) in [4.78, 5) is 4.00. The van der Waals surface area contributed by atoms with Gasteiger partial charge in [-0.1, -0.05) is 34.8 Å². The van der Waals surface area contributed by atoms with Crippen LogP contribution >= 0.6 is 34.8 Å². The molecular weight excluding hydrogens is 286 g/mol. The zero-order valence-electron chi connectivity index (χ0n) is 8.84. The second kappa shape index (κ2) is 5.16. The van der Waals surface area contributed by atoms with Gasteiger partial charge in [-0.3, -0.25) is 0 Å². The van der Waals surface area contributed by atoms with Crippen LogP contribution in [0.2, 0.25) is 15.2 Å². The van der Waals surface area contributed by atoms with E-state index in [1.807, 2.05) is 0 Å². The number of hydrogen-bond donors (Lipinski definition) is 2. The number of aliphatic hydroxyl groups is 1. The van der Waals surface area contributed by atoms with Crippen molar-refractivity contribution in [3.05, 3.63) is 21.3 Å². The molecule has 1 unspecified atom stereocenters. The Bertz CT molecular complexity index is 422. The molecule has 1 saturated heterocycles. The van der Waals surface area contributed by atoms with Crippen molar-refractivity contribution >= 4 is 40.6 Å². The van der Waals surface area contributed by atoms with Gasteiger partial charge >= 0.3 is 0 Å². The van der Waals surface area contributed by atoms with Crippen LogP contribution in [-0.2, 0) is 4.74 Å². The molecule has 0 bridgehead atoms. The fourth-order valence-electron chi connectivity index (χ4n) is 1.55. The molecule has 2 N–H and O–H groups in total. The maximum atomic E-state index is 10.0. The number of rotatable bonds is 3. The van der Waals surface area contributed by atoms with E-state index in [0.29, 0.717) is 42.0 Å². The third kappa shape index (κ3) is 3.14. The molecule has 0 radical (unpaired) electrons. The van der Waals surface area contributed by atoms with Gasteiger partial charge in [0.2, 0.25) is 0 Å². The van der Waals surface area contributed by atoms with E-state index in [1.165, 1.54) is 6.07 Å². The number of pyridine rings is 1. The number of nitrogens with one attached hydrogen (secondary N) is 1. The lowest BCUT2D eigenvalue weighted by Gasteiger charge is -2.21. The molecule has 0 spiro atoms. The highest BCUT2D eigenvalue weighted by Gasteiger charge is 2.32. The lowest BCUT2D eigenvalue weighted by molar-refractivity contribution is 0.0381. The first-order valence-electron chi connectivity index (χ1n) is 5.06. The molecule has 0 amide bonds. The molecule has 1 fully saturated rings. The molecule has 7 heteroatoms. The highest BCUT2D eigenvalue weighted by atomic mass is 35.5. The number of hydrogen-bond acceptors (Lipinski definition) is 4. The van der Waals surface area contributed by atoms with Crippen molar-refractivity contribution in [1.82, 2.24) is 4.98 Å². The third-order valence-electron chi connectivity index (χ3n) is 2.55. The molecule has 4 nitrogen and oxygen atoms in total. The molecule has 0 aliphatic carbocycles. The molecule has 94 valence electrons. The summed E-state index contributed by atoms with van der Waals surface area (Å²) in [7, 11) is 0. The van der Waals surface area contributed by atoms with Crippen molar-refractivity contribution < 1.29 is 9.84 Å². The van der Waals surface area contributed by atoms with Crippen LogP contribution in [0.25, 0.3) is 0 Å². The van der Waals surface area contributed by atoms with Crippen molar-refractivity contribution in [2.24, 2.45) is 0 Å². The minimum Gasteiger partial charge on any atom is -0.386 e. The summed E-state index contributed by atoms with van der Waals surface area (Å²) in [6.45, 7) is 1.16. The Labute approximate surface area is 114 Å². The zero-order chi connectivity index (χ0) is 12.5. The van der Waals surface area contributed by atoms with Crippen molar-refractivity contribution in [2.75, 3.05) is 25.1 Å². The Hall–Kier alpha value is -0.260. The van der Waals surface area contributed by atoms with Crippen LogP contribution in [0, 0.1) is 0 Å². The second-order valence-electron chi connectivity index (χ2n) is 3.97. The lowest BCUT2D eigenvalue weighted by atomic mass is 10.0. The van der Waals surface area contributed by atoms with Crippen molar-refractivity contribution in [3.63, 3.8) is 0 Å². The van der Waals surface area contributed by atoms with E-state index in [0.717, 1.165) is 0 Å². The first-order valence-corrected chi connectivity index (χ1v) is 6.19. The molecular formula is C10H11Cl3N2O2. The Kier molecular flexibility index (Phi) is 4.00. The van der Waals surface area contributed by atoms with Gasteiger partial charge in [0, 0.05) is 19.6 Å².